The van der Waals surface area contributed by atoms with Crippen LogP contribution in [-0.4, -0.2) is 20.4 Å². The summed E-state index contributed by atoms with van der Waals surface area (Å²) < 4.78 is 2.25. The molecule has 0 spiro atoms. The molecule has 0 bridgehead atoms. The lowest BCUT2D eigenvalue weighted by Crippen LogP contribution is -2.23. The summed E-state index contributed by atoms with van der Waals surface area (Å²) in [6, 6.07) is 8.96. The van der Waals surface area contributed by atoms with Gasteiger partial charge < -0.3 is 5.32 Å². The number of anilines is 1. The van der Waals surface area contributed by atoms with Gasteiger partial charge in [-0.15, -0.1) is 0 Å². The highest BCUT2D eigenvalue weighted by atomic mass is 15.2. The fourth-order valence-corrected chi connectivity index (χ4v) is 3.81. The van der Waals surface area contributed by atoms with E-state index in [2.05, 4.69) is 46.7 Å². The second kappa shape index (κ2) is 6.27. The fraction of sp³-hybridized carbons (Fsp3) is 0.400. The van der Waals surface area contributed by atoms with Crippen LogP contribution in [0, 0.1) is 13.8 Å². The van der Waals surface area contributed by atoms with Crippen molar-refractivity contribution in [2.24, 2.45) is 0 Å². The summed E-state index contributed by atoms with van der Waals surface area (Å²) in [5.74, 6) is 1.11. The van der Waals surface area contributed by atoms with E-state index >= 15 is 0 Å². The molecule has 0 unspecified atom stereocenters. The Morgan fingerprint density at radius 3 is 2.71 bits per heavy atom. The third kappa shape index (κ3) is 2.77. The molecule has 3 aromatic heterocycles. The van der Waals surface area contributed by atoms with Gasteiger partial charge in [-0.05, 0) is 56.5 Å². The first-order chi connectivity index (χ1) is 11.7. The van der Waals surface area contributed by atoms with Gasteiger partial charge in [-0.2, -0.15) is 0 Å². The number of hydrogen-bond donors (Lipinski definition) is 1. The SMILES string of the molecule is Cc1cc(C)n2c(NC3CCCCC3)c(-c3cccnc3)nc2c1. The van der Waals surface area contributed by atoms with Crippen molar-refractivity contribution in [2.75, 3.05) is 5.32 Å². The van der Waals surface area contributed by atoms with Gasteiger partial charge in [0.25, 0.3) is 0 Å². The molecule has 4 rings (SSSR count). The van der Waals surface area contributed by atoms with Crippen molar-refractivity contribution in [2.45, 2.75) is 52.0 Å². The molecule has 0 atom stereocenters. The summed E-state index contributed by atoms with van der Waals surface area (Å²) in [6.45, 7) is 4.28. The highest BCUT2D eigenvalue weighted by Crippen LogP contribution is 2.32. The number of nitrogens with one attached hydrogen (secondary N) is 1. The van der Waals surface area contributed by atoms with E-state index in [0.29, 0.717) is 6.04 Å². The zero-order chi connectivity index (χ0) is 16.5. The zero-order valence-corrected chi connectivity index (χ0v) is 14.4. The Balaban J connectivity index is 1.86. The Bertz CT molecular complexity index is 845. The number of pyridine rings is 2. The van der Waals surface area contributed by atoms with Gasteiger partial charge in [-0.3, -0.25) is 9.38 Å². The van der Waals surface area contributed by atoms with Crippen LogP contribution in [0.3, 0.4) is 0 Å². The molecule has 0 amide bonds. The van der Waals surface area contributed by atoms with Gasteiger partial charge in [-0.1, -0.05) is 19.3 Å². The molecular weight excluding hydrogens is 296 g/mol. The van der Waals surface area contributed by atoms with Crippen LogP contribution in [0.15, 0.2) is 36.7 Å². The molecule has 0 aromatic carbocycles. The normalized spacial score (nSPS) is 15.8. The Hall–Kier alpha value is -2.36. The van der Waals surface area contributed by atoms with Gasteiger partial charge in [0.1, 0.15) is 17.2 Å². The van der Waals surface area contributed by atoms with Gasteiger partial charge >= 0.3 is 0 Å². The van der Waals surface area contributed by atoms with Gasteiger partial charge in [0, 0.05) is 29.7 Å². The van der Waals surface area contributed by atoms with Crippen molar-refractivity contribution < 1.29 is 0 Å². The van der Waals surface area contributed by atoms with Crippen molar-refractivity contribution in [3.05, 3.63) is 47.9 Å². The molecule has 1 N–H and O–H groups in total. The van der Waals surface area contributed by atoms with Gasteiger partial charge in [0.15, 0.2) is 0 Å². The molecule has 0 radical (unpaired) electrons. The molecule has 3 heterocycles. The summed E-state index contributed by atoms with van der Waals surface area (Å²) in [4.78, 5) is 9.21. The predicted octanol–water partition coefficient (Wildman–Crippen LogP) is 4.76. The third-order valence-electron chi connectivity index (χ3n) is 4.93. The lowest BCUT2D eigenvalue weighted by molar-refractivity contribution is 0.461. The van der Waals surface area contributed by atoms with Crippen LogP contribution >= 0.6 is 0 Å². The summed E-state index contributed by atoms with van der Waals surface area (Å²) in [5.41, 5.74) is 5.53. The first-order valence-electron chi connectivity index (χ1n) is 8.89. The monoisotopic (exact) mass is 320 g/mol. The maximum absolute atomic E-state index is 4.93. The van der Waals surface area contributed by atoms with Crippen LogP contribution < -0.4 is 5.32 Å². The minimum Gasteiger partial charge on any atom is -0.367 e. The molecule has 1 saturated carbocycles. The number of imidazole rings is 1. The molecule has 1 fully saturated rings. The molecule has 3 aromatic rings. The molecule has 1 aliphatic rings. The molecule has 0 aliphatic heterocycles. The van der Waals surface area contributed by atoms with Crippen LogP contribution in [-0.2, 0) is 0 Å². The van der Waals surface area contributed by atoms with E-state index in [1.165, 1.54) is 43.4 Å². The molecule has 124 valence electrons. The molecule has 4 heteroatoms. The van der Waals surface area contributed by atoms with E-state index in [9.17, 15) is 0 Å². The first kappa shape index (κ1) is 15.2. The maximum Gasteiger partial charge on any atom is 0.139 e. The average molecular weight is 320 g/mol. The summed E-state index contributed by atoms with van der Waals surface area (Å²) in [5, 5.41) is 3.80. The van der Waals surface area contributed by atoms with Crippen molar-refractivity contribution in [3.8, 4) is 11.3 Å². The molecule has 4 nitrogen and oxygen atoms in total. The van der Waals surface area contributed by atoms with E-state index in [-0.39, 0.29) is 0 Å². The van der Waals surface area contributed by atoms with Crippen LogP contribution in [0.1, 0.15) is 43.4 Å². The van der Waals surface area contributed by atoms with Crippen LogP contribution in [0.5, 0.6) is 0 Å². The Morgan fingerprint density at radius 2 is 1.96 bits per heavy atom. The second-order valence-corrected chi connectivity index (χ2v) is 6.90. The number of rotatable bonds is 3. The Morgan fingerprint density at radius 1 is 1.12 bits per heavy atom. The minimum absolute atomic E-state index is 0.537. The number of hydrogen-bond acceptors (Lipinski definition) is 3. The lowest BCUT2D eigenvalue weighted by Gasteiger charge is -2.24. The average Bonchev–Trinajstić information content (AvgIpc) is 2.95. The van der Waals surface area contributed by atoms with Crippen molar-refractivity contribution in [3.63, 3.8) is 0 Å². The quantitative estimate of drug-likeness (QED) is 0.756. The van der Waals surface area contributed by atoms with Gasteiger partial charge in [0.05, 0.1) is 0 Å². The minimum atomic E-state index is 0.537. The number of aromatic nitrogens is 3. The largest absolute Gasteiger partial charge is 0.367 e. The molecular formula is C20H24N4. The third-order valence-corrected chi connectivity index (χ3v) is 4.93. The van der Waals surface area contributed by atoms with Crippen molar-refractivity contribution >= 4 is 11.5 Å². The van der Waals surface area contributed by atoms with Crippen LogP contribution in [0.4, 0.5) is 5.82 Å². The zero-order valence-electron chi connectivity index (χ0n) is 14.4. The summed E-state index contributed by atoms with van der Waals surface area (Å²) >= 11 is 0. The number of nitrogens with zero attached hydrogens (tertiary/aromatic N) is 3. The standard InChI is InChI=1S/C20H24N4/c1-14-11-15(2)24-18(12-14)23-19(16-7-6-10-21-13-16)20(24)22-17-8-4-3-5-9-17/h6-7,10-13,17,22H,3-5,8-9H2,1-2H3. The van der Waals surface area contributed by atoms with Gasteiger partial charge in [-0.25, -0.2) is 4.98 Å². The maximum atomic E-state index is 4.93. The van der Waals surface area contributed by atoms with E-state index < -0.39 is 0 Å². The van der Waals surface area contributed by atoms with Gasteiger partial charge in [0.2, 0.25) is 0 Å². The first-order valence-corrected chi connectivity index (χ1v) is 8.89. The van der Waals surface area contributed by atoms with E-state index in [4.69, 9.17) is 4.98 Å². The van der Waals surface area contributed by atoms with Crippen molar-refractivity contribution in [1.82, 2.24) is 14.4 Å². The Kier molecular flexibility index (Phi) is 3.97. The summed E-state index contributed by atoms with van der Waals surface area (Å²) in [7, 11) is 0. The molecule has 0 saturated heterocycles. The second-order valence-electron chi connectivity index (χ2n) is 6.90. The fourth-order valence-electron chi connectivity index (χ4n) is 3.81. The van der Waals surface area contributed by atoms with E-state index in [0.717, 1.165) is 22.7 Å². The molecule has 24 heavy (non-hydrogen) atoms. The molecule has 1 aliphatic carbocycles. The van der Waals surface area contributed by atoms with E-state index in [1.807, 2.05) is 18.5 Å². The highest BCUT2D eigenvalue weighted by Gasteiger charge is 2.20. The van der Waals surface area contributed by atoms with Crippen LogP contribution in [0.25, 0.3) is 16.9 Å². The van der Waals surface area contributed by atoms with Crippen LogP contribution in [0.2, 0.25) is 0 Å². The number of aryl methyl sites for hydroxylation is 2. The van der Waals surface area contributed by atoms with E-state index in [1.54, 1.807) is 0 Å². The highest BCUT2D eigenvalue weighted by molar-refractivity contribution is 5.76. The van der Waals surface area contributed by atoms with Crippen molar-refractivity contribution in [1.29, 1.82) is 0 Å². The number of fused-ring (bicyclic) bond motifs is 1. The predicted molar refractivity (Wildman–Crippen MR) is 98.4 cm³/mol. The summed E-state index contributed by atoms with van der Waals surface area (Å²) in [6.07, 6.45) is 10.2. The lowest BCUT2D eigenvalue weighted by atomic mass is 9.95. The smallest absolute Gasteiger partial charge is 0.139 e. The Labute approximate surface area is 143 Å². The topological polar surface area (TPSA) is 42.2 Å².